The normalized spacial score (nSPS) is 24.1. The summed E-state index contributed by atoms with van der Waals surface area (Å²) in [4.78, 5) is 0.336. The zero-order chi connectivity index (χ0) is 14.7. The Balaban J connectivity index is 2.38. The van der Waals surface area contributed by atoms with E-state index in [2.05, 4.69) is 55.8 Å². The van der Waals surface area contributed by atoms with Gasteiger partial charge in [0.15, 0.2) is 0 Å². The summed E-state index contributed by atoms with van der Waals surface area (Å²) in [6.45, 7) is 8.94. The van der Waals surface area contributed by atoms with Crippen molar-refractivity contribution in [3.05, 3.63) is 34.4 Å². The Kier molecular flexibility index (Phi) is 5.68. The van der Waals surface area contributed by atoms with Crippen molar-refractivity contribution in [3.63, 3.8) is 0 Å². The first kappa shape index (κ1) is 16.0. The number of hydrogen-bond acceptors (Lipinski definition) is 1. The van der Waals surface area contributed by atoms with Crippen LogP contribution in [0.15, 0.2) is 12.1 Å². The number of benzene rings is 1. The van der Waals surface area contributed by atoms with Gasteiger partial charge in [-0.25, -0.2) is 0 Å². The van der Waals surface area contributed by atoms with E-state index in [0.717, 1.165) is 19.3 Å². The topological polar surface area (TPSA) is 9.23 Å². The van der Waals surface area contributed by atoms with Crippen molar-refractivity contribution in [2.75, 3.05) is 0 Å². The molecule has 1 saturated heterocycles. The number of ether oxygens (including phenoxy) is 1. The number of rotatable bonds is 5. The zero-order valence-electron chi connectivity index (χ0n) is 13.2. The van der Waals surface area contributed by atoms with E-state index < -0.39 is 0 Å². The lowest BCUT2D eigenvalue weighted by Crippen LogP contribution is -2.17. The summed E-state index contributed by atoms with van der Waals surface area (Å²) in [7, 11) is 0. The fourth-order valence-corrected chi connectivity index (χ4v) is 4.21. The van der Waals surface area contributed by atoms with E-state index in [1.165, 1.54) is 35.1 Å². The van der Waals surface area contributed by atoms with E-state index in [-0.39, 0.29) is 0 Å². The third-order valence-corrected chi connectivity index (χ3v) is 5.50. The molecule has 2 heteroatoms. The van der Waals surface area contributed by atoms with Gasteiger partial charge in [-0.3, -0.25) is 0 Å². The van der Waals surface area contributed by atoms with Gasteiger partial charge < -0.3 is 4.74 Å². The van der Waals surface area contributed by atoms with E-state index in [1.807, 2.05) is 0 Å². The summed E-state index contributed by atoms with van der Waals surface area (Å²) >= 11 is 3.95. The Labute approximate surface area is 132 Å². The van der Waals surface area contributed by atoms with Crippen LogP contribution < -0.4 is 0 Å². The van der Waals surface area contributed by atoms with Crippen LogP contribution in [0, 0.1) is 0 Å². The van der Waals surface area contributed by atoms with Crippen LogP contribution in [0.25, 0.3) is 0 Å². The Bertz CT molecular complexity index is 430. The Morgan fingerprint density at radius 2 is 1.70 bits per heavy atom. The molecule has 20 heavy (non-hydrogen) atoms. The first-order valence-corrected chi connectivity index (χ1v) is 8.96. The van der Waals surface area contributed by atoms with E-state index in [0.29, 0.717) is 17.0 Å². The molecule has 0 radical (unpaired) electrons. The second-order valence-electron chi connectivity index (χ2n) is 5.85. The maximum Gasteiger partial charge on any atom is 0.0745 e. The molecule has 1 nitrogen and oxygen atoms in total. The van der Waals surface area contributed by atoms with Crippen LogP contribution in [0.3, 0.4) is 0 Å². The van der Waals surface area contributed by atoms with Gasteiger partial charge in [0.2, 0.25) is 0 Å². The molecule has 0 N–H and O–H groups in total. The van der Waals surface area contributed by atoms with E-state index in [1.54, 1.807) is 0 Å². The van der Waals surface area contributed by atoms with Crippen LogP contribution in [-0.2, 0) is 24.0 Å². The van der Waals surface area contributed by atoms with Gasteiger partial charge in [-0.1, -0.05) is 48.8 Å². The number of alkyl halides is 1. The summed E-state index contributed by atoms with van der Waals surface area (Å²) in [5.41, 5.74) is 5.94. The summed E-state index contributed by atoms with van der Waals surface area (Å²) in [5, 5.41) is 0. The molecule has 2 rings (SSSR count). The van der Waals surface area contributed by atoms with Crippen molar-refractivity contribution >= 4 is 15.9 Å². The summed E-state index contributed by atoms with van der Waals surface area (Å²) in [6.07, 6.45) is 6.39. The molecule has 0 aromatic heterocycles. The maximum absolute atomic E-state index is 6.09. The highest BCUT2D eigenvalue weighted by molar-refractivity contribution is 9.09. The van der Waals surface area contributed by atoms with Crippen LogP contribution >= 0.6 is 15.9 Å². The van der Waals surface area contributed by atoms with Crippen molar-refractivity contribution in [1.82, 2.24) is 0 Å². The molecule has 0 aliphatic carbocycles. The van der Waals surface area contributed by atoms with E-state index >= 15 is 0 Å². The first-order chi connectivity index (χ1) is 9.60. The second-order valence-corrected chi connectivity index (χ2v) is 6.84. The minimum absolute atomic E-state index is 0.327. The molecular weight excluding hydrogens is 312 g/mol. The van der Waals surface area contributed by atoms with Crippen molar-refractivity contribution in [2.24, 2.45) is 0 Å². The number of halogens is 1. The van der Waals surface area contributed by atoms with E-state index in [9.17, 15) is 0 Å². The van der Waals surface area contributed by atoms with Gasteiger partial charge in [-0.15, -0.1) is 0 Å². The first-order valence-electron chi connectivity index (χ1n) is 8.04. The monoisotopic (exact) mass is 338 g/mol. The van der Waals surface area contributed by atoms with Crippen LogP contribution in [0.5, 0.6) is 0 Å². The fourth-order valence-electron chi connectivity index (χ4n) is 3.23. The lowest BCUT2D eigenvalue weighted by Gasteiger charge is -2.24. The summed E-state index contributed by atoms with van der Waals surface area (Å²) in [5.74, 6) is 0. The largest absolute Gasteiger partial charge is 0.374 e. The van der Waals surface area contributed by atoms with Gasteiger partial charge in [0.1, 0.15) is 0 Å². The summed E-state index contributed by atoms with van der Waals surface area (Å²) < 4.78 is 6.09. The molecule has 0 saturated carbocycles. The van der Waals surface area contributed by atoms with Crippen molar-refractivity contribution in [1.29, 1.82) is 0 Å². The zero-order valence-corrected chi connectivity index (χ0v) is 14.8. The Morgan fingerprint density at radius 1 is 1.10 bits per heavy atom. The molecule has 0 bridgehead atoms. The minimum Gasteiger partial charge on any atom is -0.374 e. The highest BCUT2D eigenvalue weighted by Gasteiger charge is 2.31. The molecule has 1 aliphatic heterocycles. The molecule has 112 valence electrons. The SMILES string of the molecule is CCc1cc(CC)c(C(Br)C2CCC(C)O2)c(CC)c1. The van der Waals surface area contributed by atoms with E-state index in [4.69, 9.17) is 4.74 Å². The third kappa shape index (κ3) is 3.28. The smallest absolute Gasteiger partial charge is 0.0745 e. The van der Waals surface area contributed by atoms with Crippen LogP contribution in [0.2, 0.25) is 0 Å². The van der Waals surface area contributed by atoms with Gasteiger partial charge in [0, 0.05) is 0 Å². The van der Waals surface area contributed by atoms with Gasteiger partial charge in [0.25, 0.3) is 0 Å². The molecular formula is C18H27BrO. The molecule has 1 heterocycles. The molecule has 1 aromatic rings. The highest BCUT2D eigenvalue weighted by Crippen LogP contribution is 2.40. The molecule has 3 unspecified atom stereocenters. The fraction of sp³-hybridized carbons (Fsp3) is 0.667. The Hall–Kier alpha value is -0.340. The molecule has 1 fully saturated rings. The quantitative estimate of drug-likeness (QED) is 0.655. The third-order valence-electron chi connectivity index (χ3n) is 4.45. The predicted molar refractivity (Wildman–Crippen MR) is 89.8 cm³/mol. The van der Waals surface area contributed by atoms with Gasteiger partial charge in [-0.2, -0.15) is 0 Å². The predicted octanol–water partition coefficient (Wildman–Crippen LogP) is 5.38. The molecule has 0 amide bonds. The van der Waals surface area contributed by atoms with Crippen LogP contribution in [-0.4, -0.2) is 12.2 Å². The van der Waals surface area contributed by atoms with Crippen molar-refractivity contribution in [3.8, 4) is 0 Å². The summed E-state index contributed by atoms with van der Waals surface area (Å²) in [6, 6.07) is 4.78. The van der Waals surface area contributed by atoms with Crippen molar-refractivity contribution < 1.29 is 4.74 Å². The van der Waals surface area contributed by atoms with Crippen molar-refractivity contribution in [2.45, 2.75) is 76.8 Å². The lowest BCUT2D eigenvalue weighted by atomic mass is 9.90. The number of hydrogen-bond donors (Lipinski definition) is 0. The molecule has 0 spiro atoms. The lowest BCUT2D eigenvalue weighted by molar-refractivity contribution is 0.0554. The molecule has 1 aromatic carbocycles. The maximum atomic E-state index is 6.09. The second kappa shape index (κ2) is 7.09. The molecule has 3 atom stereocenters. The van der Waals surface area contributed by atoms with Crippen LogP contribution in [0.1, 0.15) is 67.6 Å². The highest BCUT2D eigenvalue weighted by atomic mass is 79.9. The average molecular weight is 339 g/mol. The van der Waals surface area contributed by atoms with Gasteiger partial charge in [-0.05, 0) is 61.3 Å². The average Bonchev–Trinajstić information content (AvgIpc) is 2.91. The van der Waals surface area contributed by atoms with Gasteiger partial charge >= 0.3 is 0 Å². The van der Waals surface area contributed by atoms with Gasteiger partial charge in [0.05, 0.1) is 17.0 Å². The minimum atomic E-state index is 0.327. The van der Waals surface area contributed by atoms with Crippen LogP contribution in [0.4, 0.5) is 0 Å². The standard InChI is InChI=1S/C18H27BrO/c1-5-13-10-14(6-2)17(15(7-3)11-13)18(19)16-9-8-12(4)20-16/h10-12,16,18H,5-9H2,1-4H3. The Morgan fingerprint density at radius 3 is 2.10 bits per heavy atom. The molecule has 1 aliphatic rings. The number of aryl methyl sites for hydroxylation is 3.